The molecule has 1 unspecified atom stereocenters. The molecule has 0 aliphatic heterocycles. The van der Waals surface area contributed by atoms with Crippen LogP contribution in [0.2, 0.25) is 0 Å². The Morgan fingerprint density at radius 3 is 2.74 bits per heavy atom. The van der Waals surface area contributed by atoms with Gasteiger partial charge in [-0.1, -0.05) is 12.2 Å². The fourth-order valence-electron chi connectivity index (χ4n) is 1.82. The summed E-state index contributed by atoms with van der Waals surface area (Å²) in [5, 5.41) is 11.5. The quantitative estimate of drug-likeness (QED) is 0.835. The average Bonchev–Trinajstić information content (AvgIpc) is 2.87. The molecule has 0 aliphatic rings. The third kappa shape index (κ3) is 2.73. The van der Waals surface area contributed by atoms with Gasteiger partial charge in [0.15, 0.2) is 5.82 Å². The molecule has 0 spiro atoms. The van der Waals surface area contributed by atoms with Crippen molar-refractivity contribution in [1.82, 2.24) is 10.2 Å². The Morgan fingerprint density at radius 2 is 2.16 bits per heavy atom. The van der Waals surface area contributed by atoms with Crippen LogP contribution in [-0.2, 0) is 0 Å². The molecule has 0 bridgehead atoms. The minimum Gasteiger partial charge on any atom is -0.467 e. The summed E-state index contributed by atoms with van der Waals surface area (Å²) < 4.78 is 5.35. The second-order valence-electron chi connectivity index (χ2n) is 4.38. The number of rotatable bonds is 4. The van der Waals surface area contributed by atoms with Crippen LogP contribution in [0.5, 0.6) is 0 Å². The summed E-state index contributed by atoms with van der Waals surface area (Å²) in [6, 6.07) is 3.69. The van der Waals surface area contributed by atoms with Crippen LogP contribution in [0.3, 0.4) is 0 Å². The van der Waals surface area contributed by atoms with E-state index in [4.69, 9.17) is 22.4 Å². The maximum absolute atomic E-state index is 5.78. The molecule has 0 aliphatic carbocycles. The Kier molecular flexibility index (Phi) is 3.80. The van der Waals surface area contributed by atoms with Crippen LogP contribution >= 0.6 is 12.2 Å². The number of furan rings is 1. The van der Waals surface area contributed by atoms with E-state index in [0.717, 1.165) is 22.6 Å². The lowest BCUT2D eigenvalue weighted by Crippen LogP contribution is -2.19. The van der Waals surface area contributed by atoms with Crippen LogP contribution in [-0.4, -0.2) is 15.2 Å². The number of thiocarbonyl (C=S) groups is 1. The predicted octanol–water partition coefficient (Wildman–Crippen LogP) is 2.49. The fraction of sp³-hybridized carbons (Fsp3) is 0.308. The molecule has 0 radical (unpaired) electrons. The minimum atomic E-state index is -0.0421. The first-order valence-corrected chi connectivity index (χ1v) is 6.35. The zero-order valence-corrected chi connectivity index (χ0v) is 11.9. The van der Waals surface area contributed by atoms with Crippen molar-refractivity contribution >= 4 is 23.0 Å². The maximum atomic E-state index is 5.78. The Labute approximate surface area is 117 Å². The molecule has 0 amide bonds. The van der Waals surface area contributed by atoms with Crippen LogP contribution < -0.4 is 11.1 Å². The maximum Gasteiger partial charge on any atom is 0.159 e. The monoisotopic (exact) mass is 276 g/mol. The van der Waals surface area contributed by atoms with Gasteiger partial charge in [-0.3, -0.25) is 0 Å². The Balaban J connectivity index is 2.35. The Hall–Kier alpha value is -1.95. The summed E-state index contributed by atoms with van der Waals surface area (Å²) in [7, 11) is 0. The van der Waals surface area contributed by atoms with Crippen molar-refractivity contribution in [3.8, 4) is 0 Å². The van der Waals surface area contributed by atoms with Gasteiger partial charge in [-0.25, -0.2) is 0 Å². The first kappa shape index (κ1) is 13.5. The number of nitrogens with zero attached hydrogens (tertiary/aromatic N) is 2. The summed E-state index contributed by atoms with van der Waals surface area (Å²) in [4.78, 5) is 0.310. The molecule has 0 aromatic carbocycles. The van der Waals surface area contributed by atoms with E-state index >= 15 is 0 Å². The van der Waals surface area contributed by atoms with E-state index in [1.165, 1.54) is 0 Å². The summed E-state index contributed by atoms with van der Waals surface area (Å²) in [5.74, 6) is 1.40. The van der Waals surface area contributed by atoms with Gasteiger partial charge in [-0.2, -0.15) is 5.10 Å². The standard InChI is InChI=1S/C13H16N4OS/c1-7-8(2)16-17-13(11(7)12(14)19)15-9(3)10-5-4-6-18-10/h4-6,9H,1-3H3,(H2,14,19)(H,15,17). The van der Waals surface area contributed by atoms with Gasteiger partial charge in [0, 0.05) is 0 Å². The van der Waals surface area contributed by atoms with E-state index in [1.54, 1.807) is 6.26 Å². The predicted molar refractivity (Wildman–Crippen MR) is 78.1 cm³/mol. The second-order valence-corrected chi connectivity index (χ2v) is 4.82. The van der Waals surface area contributed by atoms with E-state index in [-0.39, 0.29) is 6.04 Å². The van der Waals surface area contributed by atoms with Gasteiger partial charge in [0.1, 0.15) is 10.7 Å². The molecular formula is C13H16N4OS. The van der Waals surface area contributed by atoms with Gasteiger partial charge in [-0.05, 0) is 38.5 Å². The molecule has 2 aromatic heterocycles. The number of hydrogen-bond donors (Lipinski definition) is 2. The smallest absolute Gasteiger partial charge is 0.159 e. The molecule has 6 heteroatoms. The zero-order valence-electron chi connectivity index (χ0n) is 11.1. The van der Waals surface area contributed by atoms with Gasteiger partial charge >= 0.3 is 0 Å². The van der Waals surface area contributed by atoms with Crippen LogP contribution in [0, 0.1) is 13.8 Å². The highest BCUT2D eigenvalue weighted by Crippen LogP contribution is 2.23. The number of nitrogens with two attached hydrogens (primary N) is 1. The fourth-order valence-corrected chi connectivity index (χ4v) is 2.07. The number of nitrogens with one attached hydrogen (secondary N) is 1. The second kappa shape index (κ2) is 5.36. The average molecular weight is 276 g/mol. The lowest BCUT2D eigenvalue weighted by molar-refractivity contribution is 0.490. The van der Waals surface area contributed by atoms with Crippen molar-refractivity contribution in [1.29, 1.82) is 0 Å². The first-order chi connectivity index (χ1) is 9.00. The number of hydrogen-bond acceptors (Lipinski definition) is 5. The largest absolute Gasteiger partial charge is 0.467 e. The molecule has 2 heterocycles. The van der Waals surface area contributed by atoms with Crippen molar-refractivity contribution in [2.75, 3.05) is 5.32 Å². The summed E-state index contributed by atoms with van der Waals surface area (Å²) in [5.41, 5.74) is 8.28. The lowest BCUT2D eigenvalue weighted by atomic mass is 10.1. The number of anilines is 1. The third-order valence-electron chi connectivity index (χ3n) is 3.02. The SMILES string of the molecule is Cc1nnc(NC(C)c2ccco2)c(C(N)=S)c1C. The van der Waals surface area contributed by atoms with E-state index in [0.29, 0.717) is 10.8 Å². The number of aryl methyl sites for hydroxylation is 1. The molecule has 5 nitrogen and oxygen atoms in total. The topological polar surface area (TPSA) is 77.0 Å². The lowest BCUT2D eigenvalue weighted by Gasteiger charge is -2.16. The third-order valence-corrected chi connectivity index (χ3v) is 3.23. The zero-order chi connectivity index (χ0) is 14.0. The van der Waals surface area contributed by atoms with Gasteiger partial charge in [0.25, 0.3) is 0 Å². The highest BCUT2D eigenvalue weighted by Gasteiger charge is 2.16. The molecule has 19 heavy (non-hydrogen) atoms. The van der Waals surface area contributed by atoms with Crippen LogP contribution in [0.25, 0.3) is 0 Å². The molecule has 0 saturated heterocycles. The Bertz CT molecular complexity index is 595. The summed E-state index contributed by atoms with van der Waals surface area (Å²) >= 11 is 5.10. The summed E-state index contributed by atoms with van der Waals surface area (Å²) in [6.07, 6.45) is 1.63. The van der Waals surface area contributed by atoms with E-state index < -0.39 is 0 Å². The highest BCUT2D eigenvalue weighted by molar-refractivity contribution is 7.80. The molecule has 100 valence electrons. The van der Waals surface area contributed by atoms with Gasteiger partial charge < -0.3 is 15.5 Å². The van der Waals surface area contributed by atoms with Crippen LogP contribution in [0.15, 0.2) is 22.8 Å². The van der Waals surface area contributed by atoms with Gasteiger partial charge in [-0.15, -0.1) is 5.10 Å². The van der Waals surface area contributed by atoms with Crippen molar-refractivity contribution < 1.29 is 4.42 Å². The Morgan fingerprint density at radius 1 is 1.42 bits per heavy atom. The normalized spacial score (nSPS) is 12.2. The molecular weight excluding hydrogens is 260 g/mol. The molecule has 1 atom stereocenters. The van der Waals surface area contributed by atoms with Crippen LogP contribution in [0.4, 0.5) is 5.82 Å². The minimum absolute atomic E-state index is 0.0421. The molecule has 3 N–H and O–H groups in total. The van der Waals surface area contributed by atoms with E-state index in [9.17, 15) is 0 Å². The summed E-state index contributed by atoms with van der Waals surface area (Å²) in [6.45, 7) is 5.78. The van der Waals surface area contributed by atoms with Crippen molar-refractivity contribution in [2.45, 2.75) is 26.8 Å². The van der Waals surface area contributed by atoms with Crippen LogP contribution in [0.1, 0.15) is 35.5 Å². The van der Waals surface area contributed by atoms with Crippen molar-refractivity contribution in [3.63, 3.8) is 0 Å². The van der Waals surface area contributed by atoms with E-state index in [1.807, 2.05) is 32.9 Å². The molecule has 2 rings (SSSR count). The first-order valence-electron chi connectivity index (χ1n) is 5.94. The highest BCUT2D eigenvalue weighted by atomic mass is 32.1. The van der Waals surface area contributed by atoms with Crippen molar-refractivity contribution in [2.24, 2.45) is 5.73 Å². The van der Waals surface area contributed by atoms with Gasteiger partial charge in [0.05, 0.1) is 23.6 Å². The van der Waals surface area contributed by atoms with E-state index in [2.05, 4.69) is 15.5 Å². The number of aromatic nitrogens is 2. The molecule has 0 saturated carbocycles. The van der Waals surface area contributed by atoms with Gasteiger partial charge in [0.2, 0.25) is 0 Å². The molecule has 0 fully saturated rings. The molecule has 2 aromatic rings. The van der Waals surface area contributed by atoms with Crippen molar-refractivity contribution in [3.05, 3.63) is 41.0 Å².